The first-order valence-corrected chi connectivity index (χ1v) is 11.5. The predicted octanol–water partition coefficient (Wildman–Crippen LogP) is 0.267. The summed E-state index contributed by atoms with van der Waals surface area (Å²) in [6.45, 7) is 7.53. The number of piperidine rings is 1. The zero-order chi connectivity index (χ0) is 22.9. The Labute approximate surface area is 192 Å². The van der Waals surface area contributed by atoms with E-state index in [0.717, 1.165) is 54.6 Å². The maximum Gasteiger partial charge on any atom is 0.228 e. The number of anilines is 1. The zero-order valence-electron chi connectivity index (χ0n) is 19.8. The third kappa shape index (κ3) is 5.23. The van der Waals surface area contributed by atoms with Gasteiger partial charge in [0.05, 0.1) is 17.4 Å². The standard InChI is InChI=1S/C22H31B3N6O/c1-14(2)12-30-7-5-15(6-8-30)21(32)29-20-9-19-16(10-26-20)3-4-18(28-19)17-11-27-31(13-17)22(23,24)25/h3-4,9-11,13-15H,5-8,12,23-25H2,1-2H3,(H,26,29,32). The Bertz CT molecular complexity index is 1100. The lowest BCUT2D eigenvalue weighted by atomic mass is 9.49. The van der Waals surface area contributed by atoms with Crippen molar-refractivity contribution in [1.29, 1.82) is 0 Å². The highest BCUT2D eigenvalue weighted by atomic mass is 16.1. The summed E-state index contributed by atoms with van der Waals surface area (Å²) in [7, 11) is 6.35. The smallest absolute Gasteiger partial charge is 0.228 e. The fraction of sp³-hybridized carbons (Fsp3) is 0.455. The average Bonchev–Trinajstić information content (AvgIpc) is 3.24. The Hall–Kier alpha value is -2.61. The highest BCUT2D eigenvalue weighted by Crippen LogP contribution is 2.24. The Balaban J connectivity index is 1.46. The summed E-state index contributed by atoms with van der Waals surface area (Å²) in [5.74, 6) is 1.31. The van der Waals surface area contributed by atoms with Crippen molar-refractivity contribution in [2.45, 2.75) is 31.9 Å². The number of pyridine rings is 2. The summed E-state index contributed by atoms with van der Waals surface area (Å²) < 4.78 is 1.94. The van der Waals surface area contributed by atoms with Gasteiger partial charge in [0.15, 0.2) is 0 Å². The van der Waals surface area contributed by atoms with Crippen LogP contribution in [0.25, 0.3) is 22.2 Å². The van der Waals surface area contributed by atoms with Gasteiger partial charge >= 0.3 is 0 Å². The van der Waals surface area contributed by atoms with Gasteiger partial charge in [0.2, 0.25) is 5.91 Å². The quantitative estimate of drug-likeness (QED) is 0.571. The van der Waals surface area contributed by atoms with Gasteiger partial charge in [-0.3, -0.25) is 9.48 Å². The van der Waals surface area contributed by atoms with Gasteiger partial charge in [0, 0.05) is 41.9 Å². The molecule has 0 atom stereocenters. The Kier molecular flexibility index (Phi) is 6.42. The summed E-state index contributed by atoms with van der Waals surface area (Å²) in [5.41, 5.74) is 2.63. The number of fused-ring (bicyclic) bond motifs is 1. The number of hydrogen-bond acceptors (Lipinski definition) is 5. The summed E-state index contributed by atoms with van der Waals surface area (Å²) in [6, 6.07) is 5.85. The molecule has 1 fully saturated rings. The van der Waals surface area contributed by atoms with Crippen LogP contribution in [-0.4, -0.2) is 73.7 Å². The molecule has 3 aromatic rings. The number of rotatable bonds is 6. The minimum atomic E-state index is -0.0819. The molecule has 0 aromatic carbocycles. The molecule has 0 saturated carbocycles. The normalized spacial score (nSPS) is 16.0. The molecule has 4 rings (SSSR count). The van der Waals surface area contributed by atoms with Crippen LogP contribution in [0.3, 0.4) is 0 Å². The molecule has 0 unspecified atom stereocenters. The van der Waals surface area contributed by atoms with Gasteiger partial charge in [-0.2, -0.15) is 5.10 Å². The van der Waals surface area contributed by atoms with Crippen LogP contribution in [0.15, 0.2) is 36.8 Å². The van der Waals surface area contributed by atoms with Crippen molar-refractivity contribution in [1.82, 2.24) is 24.6 Å². The third-order valence-electron chi connectivity index (χ3n) is 5.97. The predicted molar refractivity (Wildman–Crippen MR) is 137 cm³/mol. The topological polar surface area (TPSA) is 75.9 Å². The number of hydrogen-bond donors (Lipinski definition) is 1. The number of likely N-dealkylation sites (tertiary alicyclic amines) is 1. The largest absolute Gasteiger partial charge is 0.310 e. The van der Waals surface area contributed by atoms with E-state index < -0.39 is 0 Å². The van der Waals surface area contributed by atoms with Gasteiger partial charge in [-0.05, 0) is 49.2 Å². The van der Waals surface area contributed by atoms with E-state index in [1.165, 1.54) is 0 Å². The van der Waals surface area contributed by atoms with Crippen molar-refractivity contribution in [2.24, 2.45) is 11.8 Å². The second kappa shape index (κ2) is 9.10. The molecule has 1 N–H and O–H groups in total. The van der Waals surface area contributed by atoms with Gasteiger partial charge in [-0.15, -0.1) is 0 Å². The highest BCUT2D eigenvalue weighted by molar-refractivity contribution is 6.56. The minimum Gasteiger partial charge on any atom is -0.310 e. The van der Waals surface area contributed by atoms with Gasteiger partial charge in [-0.1, -0.05) is 13.8 Å². The number of aromatic nitrogens is 4. The van der Waals surface area contributed by atoms with Gasteiger partial charge in [0.25, 0.3) is 0 Å². The fourth-order valence-corrected chi connectivity index (χ4v) is 4.19. The Morgan fingerprint density at radius 1 is 1.22 bits per heavy atom. The SMILES string of the molecule is BC(B)(B)n1cc(-c2ccc3cnc(NC(=O)C4CCN(CC(C)C)CC4)cc3n2)cn1. The highest BCUT2D eigenvalue weighted by Gasteiger charge is 2.25. The lowest BCUT2D eigenvalue weighted by Crippen LogP contribution is -2.39. The van der Waals surface area contributed by atoms with E-state index in [9.17, 15) is 4.79 Å². The van der Waals surface area contributed by atoms with E-state index in [1.54, 1.807) is 6.20 Å². The molecule has 4 heterocycles. The van der Waals surface area contributed by atoms with Crippen LogP contribution in [0.1, 0.15) is 26.7 Å². The van der Waals surface area contributed by atoms with Crippen LogP contribution in [0.4, 0.5) is 5.82 Å². The minimum absolute atomic E-state index is 0.0402. The number of nitrogens with one attached hydrogen (secondary N) is 1. The van der Waals surface area contributed by atoms with Crippen LogP contribution >= 0.6 is 0 Å². The molecule has 0 bridgehead atoms. The van der Waals surface area contributed by atoms with E-state index in [4.69, 9.17) is 4.98 Å². The van der Waals surface area contributed by atoms with E-state index in [1.807, 2.05) is 35.3 Å². The van der Waals surface area contributed by atoms with Crippen LogP contribution in [0.5, 0.6) is 0 Å². The van der Waals surface area contributed by atoms with Gasteiger partial charge < -0.3 is 10.2 Å². The molecule has 7 nitrogen and oxygen atoms in total. The molecule has 3 aromatic heterocycles. The van der Waals surface area contributed by atoms with E-state index in [0.29, 0.717) is 11.7 Å². The maximum absolute atomic E-state index is 12.8. The number of amides is 1. The summed E-state index contributed by atoms with van der Waals surface area (Å²) in [4.78, 5) is 24.5. The van der Waals surface area contributed by atoms with Crippen molar-refractivity contribution < 1.29 is 4.79 Å². The maximum atomic E-state index is 12.8. The van der Waals surface area contributed by atoms with Crippen molar-refractivity contribution in [3.05, 3.63) is 36.8 Å². The lowest BCUT2D eigenvalue weighted by molar-refractivity contribution is -0.121. The van der Waals surface area contributed by atoms with Crippen molar-refractivity contribution in [3.8, 4) is 11.3 Å². The van der Waals surface area contributed by atoms with Crippen LogP contribution in [0, 0.1) is 11.8 Å². The number of nitrogens with zero attached hydrogens (tertiary/aromatic N) is 5. The molecule has 1 aliphatic rings. The van der Waals surface area contributed by atoms with E-state index >= 15 is 0 Å². The second-order valence-corrected chi connectivity index (χ2v) is 10.3. The average molecular weight is 428 g/mol. The number of carbonyl (C=O) groups is 1. The summed E-state index contributed by atoms with van der Waals surface area (Å²) in [5, 5.41) is 8.35. The molecule has 1 saturated heterocycles. The molecule has 10 heteroatoms. The van der Waals surface area contributed by atoms with Crippen LogP contribution in [-0.2, 0) is 10.0 Å². The Morgan fingerprint density at radius 2 is 1.97 bits per heavy atom. The summed E-state index contributed by atoms with van der Waals surface area (Å²) >= 11 is 0. The molecular formula is C22H31B3N6O. The molecular weight excluding hydrogens is 397 g/mol. The Morgan fingerprint density at radius 3 is 2.62 bits per heavy atom. The first kappa shape index (κ1) is 22.6. The van der Waals surface area contributed by atoms with Gasteiger partial charge in [0.1, 0.15) is 29.4 Å². The molecule has 32 heavy (non-hydrogen) atoms. The molecule has 164 valence electrons. The fourth-order valence-electron chi connectivity index (χ4n) is 4.19. The van der Waals surface area contributed by atoms with Crippen molar-refractivity contribution in [2.75, 3.05) is 25.0 Å². The second-order valence-electron chi connectivity index (χ2n) is 10.3. The third-order valence-corrected chi connectivity index (χ3v) is 5.97. The van der Waals surface area contributed by atoms with Crippen LogP contribution < -0.4 is 5.32 Å². The molecule has 0 spiro atoms. The van der Waals surface area contributed by atoms with E-state index in [2.05, 4.69) is 57.7 Å². The molecule has 1 amide bonds. The molecule has 1 aliphatic heterocycles. The van der Waals surface area contributed by atoms with Crippen molar-refractivity contribution in [3.63, 3.8) is 0 Å². The van der Waals surface area contributed by atoms with Gasteiger partial charge in [-0.25, -0.2) is 9.97 Å². The first-order chi connectivity index (χ1) is 15.2. The lowest BCUT2D eigenvalue weighted by Gasteiger charge is -2.32. The van der Waals surface area contributed by atoms with E-state index in [-0.39, 0.29) is 17.1 Å². The monoisotopic (exact) mass is 428 g/mol. The zero-order valence-corrected chi connectivity index (χ0v) is 19.8. The van der Waals surface area contributed by atoms with Crippen molar-refractivity contribution >= 4 is 46.2 Å². The van der Waals surface area contributed by atoms with Crippen LogP contribution in [0.2, 0.25) is 0 Å². The molecule has 0 radical (unpaired) electrons. The first-order valence-electron chi connectivity index (χ1n) is 11.5. The number of carbonyl (C=O) groups excluding carboxylic acids is 1. The summed E-state index contributed by atoms with van der Waals surface area (Å²) in [6.07, 6.45) is 7.42. The molecule has 0 aliphatic carbocycles.